The van der Waals surface area contributed by atoms with Crippen molar-refractivity contribution in [1.82, 2.24) is 5.32 Å². The molecule has 1 amide bonds. The van der Waals surface area contributed by atoms with Gasteiger partial charge in [0.05, 0.1) is 6.61 Å². The molecule has 0 spiro atoms. The van der Waals surface area contributed by atoms with Crippen LogP contribution in [0.3, 0.4) is 0 Å². The van der Waals surface area contributed by atoms with Crippen molar-refractivity contribution < 1.29 is 13.9 Å². The van der Waals surface area contributed by atoms with Crippen LogP contribution in [0, 0.1) is 20.8 Å². The third-order valence-corrected chi connectivity index (χ3v) is 5.80. The molecule has 0 aliphatic heterocycles. The van der Waals surface area contributed by atoms with E-state index < -0.39 is 0 Å². The zero-order valence-electron chi connectivity index (χ0n) is 19.5. The molecular formula is C27H33NO3. The number of aryl methyl sites for hydroxylation is 4. The highest BCUT2D eigenvalue weighted by Gasteiger charge is 2.19. The Balaban J connectivity index is 1.80. The second kappa shape index (κ2) is 9.86. The minimum Gasteiger partial charge on any atom is -0.493 e. The van der Waals surface area contributed by atoms with Gasteiger partial charge in [0.15, 0.2) is 0 Å². The summed E-state index contributed by atoms with van der Waals surface area (Å²) in [5.74, 6) is 1.60. The highest BCUT2D eigenvalue weighted by molar-refractivity contribution is 5.98. The molecule has 3 aromatic rings. The molecule has 0 aliphatic rings. The minimum absolute atomic E-state index is 0.0849. The second-order valence-corrected chi connectivity index (χ2v) is 8.23. The highest BCUT2D eigenvalue weighted by atomic mass is 16.5. The van der Waals surface area contributed by atoms with Crippen LogP contribution in [-0.2, 0) is 11.2 Å². The van der Waals surface area contributed by atoms with Crippen molar-refractivity contribution in [3.05, 3.63) is 70.5 Å². The number of allylic oxidation sites excluding steroid dienone is 1. The third kappa shape index (κ3) is 5.19. The van der Waals surface area contributed by atoms with E-state index in [9.17, 15) is 4.79 Å². The van der Waals surface area contributed by atoms with Crippen LogP contribution in [0.1, 0.15) is 55.2 Å². The summed E-state index contributed by atoms with van der Waals surface area (Å²) in [5, 5.41) is 4.16. The number of nitrogens with one attached hydrogen (secondary N) is 1. The molecule has 3 rings (SSSR count). The Morgan fingerprint density at radius 1 is 1.16 bits per heavy atom. The van der Waals surface area contributed by atoms with Crippen molar-refractivity contribution in [2.75, 3.05) is 6.61 Å². The maximum atomic E-state index is 12.7. The van der Waals surface area contributed by atoms with Crippen LogP contribution < -0.4 is 10.1 Å². The molecule has 2 aromatic carbocycles. The largest absolute Gasteiger partial charge is 0.493 e. The number of benzene rings is 2. The Kier molecular flexibility index (Phi) is 7.21. The normalized spacial score (nSPS) is 12.8. The molecule has 0 saturated heterocycles. The standard InChI is InChI=1S/C27H33NO3/c1-7-30-26-20(5)27-24(19(4)21(6)31-27)16-23(26)17(2)15-25(29)28-18(3)13-14-22-11-9-8-10-12-22/h8-12,15-16,18H,7,13-14H2,1-6H3,(H,28,29)/b17-15+. The molecule has 0 aliphatic carbocycles. The van der Waals surface area contributed by atoms with Gasteiger partial charge in [-0.2, -0.15) is 0 Å². The van der Waals surface area contributed by atoms with Crippen LogP contribution in [0.4, 0.5) is 0 Å². The van der Waals surface area contributed by atoms with Crippen molar-refractivity contribution >= 4 is 22.4 Å². The summed E-state index contributed by atoms with van der Waals surface area (Å²) in [4.78, 5) is 12.7. The van der Waals surface area contributed by atoms with Crippen molar-refractivity contribution in [1.29, 1.82) is 0 Å². The zero-order chi connectivity index (χ0) is 22.5. The molecule has 0 radical (unpaired) electrons. The van der Waals surface area contributed by atoms with Gasteiger partial charge in [-0.15, -0.1) is 0 Å². The van der Waals surface area contributed by atoms with Gasteiger partial charge in [-0.05, 0) is 77.2 Å². The average Bonchev–Trinajstić information content (AvgIpc) is 3.03. The third-order valence-electron chi connectivity index (χ3n) is 5.80. The lowest BCUT2D eigenvalue weighted by Gasteiger charge is -2.16. The van der Waals surface area contributed by atoms with E-state index in [1.807, 2.05) is 52.8 Å². The van der Waals surface area contributed by atoms with Crippen molar-refractivity contribution in [3.8, 4) is 5.75 Å². The minimum atomic E-state index is -0.0849. The quantitative estimate of drug-likeness (QED) is 0.436. The van der Waals surface area contributed by atoms with E-state index in [1.165, 1.54) is 5.56 Å². The number of ether oxygens (including phenoxy) is 1. The number of hydrogen-bond donors (Lipinski definition) is 1. The zero-order valence-corrected chi connectivity index (χ0v) is 19.5. The molecule has 1 aromatic heterocycles. The first kappa shape index (κ1) is 22.7. The molecule has 0 saturated carbocycles. The van der Waals surface area contributed by atoms with Gasteiger partial charge in [-0.3, -0.25) is 4.79 Å². The molecule has 1 atom stereocenters. The van der Waals surface area contributed by atoms with Crippen LogP contribution in [0.2, 0.25) is 0 Å². The lowest BCUT2D eigenvalue weighted by Crippen LogP contribution is -2.31. The highest BCUT2D eigenvalue weighted by Crippen LogP contribution is 2.38. The number of fused-ring (bicyclic) bond motifs is 1. The Hall–Kier alpha value is -3.01. The summed E-state index contributed by atoms with van der Waals surface area (Å²) in [5.41, 5.74) is 6.03. The van der Waals surface area contributed by atoms with E-state index in [-0.39, 0.29) is 11.9 Å². The van der Waals surface area contributed by atoms with Crippen LogP contribution in [0.25, 0.3) is 16.5 Å². The van der Waals surface area contributed by atoms with Crippen molar-refractivity contribution in [2.45, 2.75) is 60.4 Å². The maximum Gasteiger partial charge on any atom is 0.244 e. The first-order valence-corrected chi connectivity index (χ1v) is 11.0. The maximum absolute atomic E-state index is 12.7. The topological polar surface area (TPSA) is 51.5 Å². The van der Waals surface area contributed by atoms with E-state index in [4.69, 9.17) is 9.15 Å². The van der Waals surface area contributed by atoms with E-state index >= 15 is 0 Å². The summed E-state index contributed by atoms with van der Waals surface area (Å²) in [6, 6.07) is 12.5. The average molecular weight is 420 g/mol. The van der Waals surface area contributed by atoms with E-state index in [0.29, 0.717) is 6.61 Å². The number of amides is 1. The van der Waals surface area contributed by atoms with Crippen molar-refractivity contribution in [3.63, 3.8) is 0 Å². The fourth-order valence-electron chi connectivity index (χ4n) is 3.89. The van der Waals surface area contributed by atoms with Gasteiger partial charge >= 0.3 is 0 Å². The molecule has 164 valence electrons. The Bertz CT molecular complexity index is 1090. The number of rotatable bonds is 8. The van der Waals surface area contributed by atoms with Gasteiger partial charge in [0.25, 0.3) is 0 Å². The monoisotopic (exact) mass is 419 g/mol. The van der Waals surface area contributed by atoms with Gasteiger partial charge in [-0.25, -0.2) is 0 Å². The smallest absolute Gasteiger partial charge is 0.244 e. The fraction of sp³-hybridized carbons (Fsp3) is 0.370. The van der Waals surface area contributed by atoms with Crippen molar-refractivity contribution in [2.24, 2.45) is 0 Å². The van der Waals surface area contributed by atoms with Gasteiger partial charge in [0.1, 0.15) is 17.1 Å². The Morgan fingerprint density at radius 3 is 2.55 bits per heavy atom. The summed E-state index contributed by atoms with van der Waals surface area (Å²) in [7, 11) is 0. The summed E-state index contributed by atoms with van der Waals surface area (Å²) in [6.07, 6.45) is 3.50. The summed E-state index contributed by atoms with van der Waals surface area (Å²) >= 11 is 0. The second-order valence-electron chi connectivity index (χ2n) is 8.23. The number of furan rings is 1. The fourth-order valence-corrected chi connectivity index (χ4v) is 3.89. The van der Waals surface area contributed by atoms with Crippen LogP contribution >= 0.6 is 0 Å². The first-order valence-electron chi connectivity index (χ1n) is 11.0. The SMILES string of the molecule is CCOc1c(/C(C)=C/C(=O)NC(C)CCc2ccccc2)cc2c(C)c(C)oc2c1C. The van der Waals surface area contributed by atoms with E-state index in [0.717, 1.165) is 57.6 Å². The molecule has 31 heavy (non-hydrogen) atoms. The molecular weight excluding hydrogens is 386 g/mol. The number of hydrogen-bond acceptors (Lipinski definition) is 3. The predicted molar refractivity (Wildman–Crippen MR) is 128 cm³/mol. The lowest BCUT2D eigenvalue weighted by molar-refractivity contribution is -0.117. The van der Waals surface area contributed by atoms with E-state index in [2.05, 4.69) is 30.4 Å². The molecule has 1 N–H and O–H groups in total. The molecule has 0 bridgehead atoms. The Morgan fingerprint density at radius 2 is 1.87 bits per heavy atom. The summed E-state index contributed by atoms with van der Waals surface area (Å²) < 4.78 is 11.9. The molecule has 0 fully saturated rings. The van der Waals surface area contributed by atoms with E-state index in [1.54, 1.807) is 6.08 Å². The number of carbonyl (C=O) groups excluding carboxylic acids is 1. The van der Waals surface area contributed by atoms with Gasteiger partial charge < -0.3 is 14.5 Å². The van der Waals surface area contributed by atoms with Crippen LogP contribution in [-0.4, -0.2) is 18.6 Å². The van der Waals surface area contributed by atoms with Gasteiger partial charge in [0, 0.05) is 28.6 Å². The summed E-state index contributed by atoms with van der Waals surface area (Å²) in [6.45, 7) is 12.6. The molecule has 4 nitrogen and oxygen atoms in total. The first-order chi connectivity index (χ1) is 14.8. The molecule has 1 unspecified atom stereocenters. The van der Waals surface area contributed by atoms with Crippen LogP contribution in [0.5, 0.6) is 5.75 Å². The molecule has 4 heteroatoms. The number of carbonyl (C=O) groups is 1. The lowest BCUT2D eigenvalue weighted by atomic mass is 9.98. The van der Waals surface area contributed by atoms with Gasteiger partial charge in [-0.1, -0.05) is 30.3 Å². The Labute approximate surface area is 185 Å². The predicted octanol–water partition coefficient (Wildman–Crippen LogP) is 6.30. The van der Waals surface area contributed by atoms with Crippen LogP contribution in [0.15, 0.2) is 46.9 Å². The van der Waals surface area contributed by atoms with Gasteiger partial charge in [0.2, 0.25) is 5.91 Å². The molecule has 1 heterocycles.